The molecule has 156 valence electrons. The molecule has 11 heteroatoms. The number of amides is 1. The Labute approximate surface area is 168 Å². The summed E-state index contributed by atoms with van der Waals surface area (Å²) in [6.07, 6.45) is 0. The first-order valence-corrected chi connectivity index (χ1v) is 9.90. The molecule has 0 atom stereocenters. The lowest BCUT2D eigenvalue weighted by molar-refractivity contribution is -0.385. The summed E-state index contributed by atoms with van der Waals surface area (Å²) < 4.78 is 33.7. The third-order valence-corrected chi connectivity index (χ3v) is 5.47. The molecule has 0 saturated heterocycles. The predicted molar refractivity (Wildman–Crippen MR) is 109 cm³/mol. The molecule has 0 radical (unpaired) electrons. The number of carbonyl (C=O) groups excluding carboxylic acids is 1. The number of nitro benzene ring substituents is 1. The number of hydrogen-bond acceptors (Lipinski definition) is 7. The fourth-order valence-electron chi connectivity index (χ4n) is 2.51. The van der Waals surface area contributed by atoms with Crippen molar-refractivity contribution < 1.29 is 22.9 Å². The number of nitrogens with zero attached hydrogens (tertiary/aromatic N) is 3. The van der Waals surface area contributed by atoms with Gasteiger partial charge in [0, 0.05) is 33.3 Å². The number of anilines is 2. The Balaban J connectivity index is 2.53. The lowest BCUT2D eigenvalue weighted by Crippen LogP contribution is -2.35. The molecule has 29 heavy (non-hydrogen) atoms. The van der Waals surface area contributed by atoms with Gasteiger partial charge in [-0.25, -0.2) is 8.42 Å². The van der Waals surface area contributed by atoms with Crippen LogP contribution in [-0.4, -0.2) is 58.9 Å². The minimum atomic E-state index is -4.23. The maximum atomic E-state index is 13.1. The van der Waals surface area contributed by atoms with Crippen molar-refractivity contribution in [2.45, 2.75) is 4.90 Å². The van der Waals surface area contributed by atoms with Gasteiger partial charge in [-0.2, -0.15) is 0 Å². The summed E-state index contributed by atoms with van der Waals surface area (Å²) >= 11 is 0. The number of para-hydroxylation sites is 2. The SMILES string of the molecule is COc1ccccc1NS(=O)(=O)c1cc([N+](=O)[O-])ccc1N(C)CC(=O)N(C)C. The summed E-state index contributed by atoms with van der Waals surface area (Å²) in [5.41, 5.74) is -0.0610. The van der Waals surface area contributed by atoms with Crippen LogP contribution in [0.25, 0.3) is 0 Å². The van der Waals surface area contributed by atoms with Crippen molar-refractivity contribution >= 4 is 33.0 Å². The highest BCUT2D eigenvalue weighted by Crippen LogP contribution is 2.32. The van der Waals surface area contributed by atoms with Gasteiger partial charge in [-0.05, 0) is 18.2 Å². The molecular weight excluding hydrogens is 400 g/mol. The van der Waals surface area contributed by atoms with Crippen molar-refractivity contribution in [2.24, 2.45) is 0 Å². The topological polar surface area (TPSA) is 122 Å². The monoisotopic (exact) mass is 422 g/mol. The van der Waals surface area contributed by atoms with Crippen molar-refractivity contribution in [2.75, 3.05) is 44.4 Å². The second kappa shape index (κ2) is 8.78. The highest BCUT2D eigenvalue weighted by Gasteiger charge is 2.26. The lowest BCUT2D eigenvalue weighted by Gasteiger charge is -2.23. The zero-order valence-electron chi connectivity index (χ0n) is 16.4. The molecule has 2 rings (SSSR count). The highest BCUT2D eigenvalue weighted by atomic mass is 32.2. The van der Waals surface area contributed by atoms with E-state index in [4.69, 9.17) is 4.74 Å². The molecule has 0 aliphatic heterocycles. The van der Waals surface area contributed by atoms with Gasteiger partial charge in [0.05, 0.1) is 30.0 Å². The normalized spacial score (nSPS) is 10.9. The minimum absolute atomic E-state index is 0.109. The molecule has 0 unspecified atom stereocenters. The van der Waals surface area contributed by atoms with Crippen LogP contribution in [-0.2, 0) is 14.8 Å². The molecule has 0 saturated carbocycles. The zero-order chi connectivity index (χ0) is 21.8. The highest BCUT2D eigenvalue weighted by molar-refractivity contribution is 7.93. The number of nitrogens with one attached hydrogen (secondary N) is 1. The average molecular weight is 422 g/mol. The van der Waals surface area contributed by atoms with Crippen LogP contribution >= 0.6 is 0 Å². The third kappa shape index (κ3) is 5.13. The van der Waals surface area contributed by atoms with E-state index in [-0.39, 0.29) is 34.4 Å². The second-order valence-corrected chi connectivity index (χ2v) is 8.01. The number of carbonyl (C=O) groups is 1. The number of rotatable bonds is 8. The van der Waals surface area contributed by atoms with Gasteiger partial charge >= 0.3 is 0 Å². The van der Waals surface area contributed by atoms with Gasteiger partial charge in [-0.1, -0.05) is 12.1 Å². The smallest absolute Gasteiger partial charge is 0.270 e. The molecule has 1 amide bonds. The maximum absolute atomic E-state index is 13.1. The summed E-state index contributed by atoms with van der Waals surface area (Å²) in [5.74, 6) is 0.0334. The molecule has 0 spiro atoms. The van der Waals surface area contributed by atoms with Crippen LogP contribution in [0.15, 0.2) is 47.4 Å². The molecule has 0 fully saturated rings. The molecule has 2 aromatic rings. The van der Waals surface area contributed by atoms with Crippen molar-refractivity contribution in [3.63, 3.8) is 0 Å². The summed E-state index contributed by atoms with van der Waals surface area (Å²) in [6.45, 7) is -0.109. The molecule has 0 aliphatic carbocycles. The number of likely N-dealkylation sites (N-methyl/N-ethyl adjacent to an activating group) is 2. The van der Waals surface area contributed by atoms with E-state index in [0.29, 0.717) is 5.75 Å². The molecule has 0 heterocycles. The first-order valence-electron chi connectivity index (χ1n) is 8.42. The van der Waals surface area contributed by atoms with E-state index in [0.717, 1.165) is 6.07 Å². The molecule has 1 N–H and O–H groups in total. The summed E-state index contributed by atoms with van der Waals surface area (Å²) in [4.78, 5) is 25.0. The van der Waals surface area contributed by atoms with Crippen LogP contribution in [0.3, 0.4) is 0 Å². The minimum Gasteiger partial charge on any atom is -0.495 e. The third-order valence-electron chi connectivity index (χ3n) is 4.08. The van der Waals surface area contributed by atoms with Crippen LogP contribution in [0.2, 0.25) is 0 Å². The summed E-state index contributed by atoms with van der Waals surface area (Å²) in [6, 6.07) is 9.84. The Morgan fingerprint density at radius 2 is 1.83 bits per heavy atom. The van der Waals surface area contributed by atoms with Gasteiger partial charge in [-0.15, -0.1) is 0 Å². The Bertz CT molecular complexity index is 1020. The van der Waals surface area contributed by atoms with E-state index in [9.17, 15) is 23.3 Å². The van der Waals surface area contributed by atoms with Crippen LogP contribution < -0.4 is 14.4 Å². The van der Waals surface area contributed by atoms with Gasteiger partial charge in [-0.3, -0.25) is 19.6 Å². The summed E-state index contributed by atoms with van der Waals surface area (Å²) in [7, 11) is 1.85. The Morgan fingerprint density at radius 3 is 2.41 bits per heavy atom. The molecule has 0 aromatic heterocycles. The van der Waals surface area contributed by atoms with Crippen LogP contribution in [0, 0.1) is 10.1 Å². The Morgan fingerprint density at radius 1 is 1.17 bits per heavy atom. The molecule has 0 aliphatic rings. The van der Waals surface area contributed by atoms with E-state index in [1.807, 2.05) is 0 Å². The Hall–Kier alpha value is -3.34. The fourth-order valence-corrected chi connectivity index (χ4v) is 3.85. The van der Waals surface area contributed by atoms with Gasteiger partial charge in [0.2, 0.25) is 5.91 Å². The van der Waals surface area contributed by atoms with Gasteiger partial charge in [0.25, 0.3) is 15.7 Å². The zero-order valence-corrected chi connectivity index (χ0v) is 17.3. The van der Waals surface area contributed by atoms with Gasteiger partial charge < -0.3 is 14.5 Å². The van der Waals surface area contributed by atoms with Crippen molar-refractivity contribution in [3.05, 3.63) is 52.6 Å². The first kappa shape index (κ1) is 22.0. The van der Waals surface area contributed by atoms with E-state index in [1.54, 1.807) is 32.3 Å². The largest absolute Gasteiger partial charge is 0.495 e. The number of non-ortho nitro benzene ring substituents is 1. The first-order chi connectivity index (χ1) is 13.6. The maximum Gasteiger partial charge on any atom is 0.270 e. The second-order valence-electron chi connectivity index (χ2n) is 6.36. The number of hydrogen-bond donors (Lipinski definition) is 1. The van der Waals surface area contributed by atoms with Crippen molar-refractivity contribution in [3.8, 4) is 5.75 Å². The van der Waals surface area contributed by atoms with Crippen molar-refractivity contribution in [1.29, 1.82) is 0 Å². The van der Waals surface area contributed by atoms with E-state index in [2.05, 4.69) is 4.72 Å². The van der Waals surface area contributed by atoms with Crippen LogP contribution in [0.1, 0.15) is 0 Å². The van der Waals surface area contributed by atoms with Crippen LogP contribution in [0.4, 0.5) is 17.1 Å². The number of ether oxygens (including phenoxy) is 1. The quantitative estimate of drug-likeness (QED) is 0.509. The molecule has 2 aromatic carbocycles. The number of methoxy groups -OCH3 is 1. The average Bonchev–Trinajstić information content (AvgIpc) is 2.67. The van der Waals surface area contributed by atoms with E-state index in [1.165, 1.54) is 42.2 Å². The van der Waals surface area contributed by atoms with E-state index < -0.39 is 14.9 Å². The molecule has 0 bridgehead atoms. The van der Waals surface area contributed by atoms with Crippen molar-refractivity contribution in [1.82, 2.24) is 4.90 Å². The van der Waals surface area contributed by atoms with Gasteiger partial charge in [0.15, 0.2) is 0 Å². The fraction of sp³-hybridized carbons (Fsp3) is 0.278. The van der Waals surface area contributed by atoms with Crippen LogP contribution in [0.5, 0.6) is 5.75 Å². The van der Waals surface area contributed by atoms with E-state index >= 15 is 0 Å². The molecule has 10 nitrogen and oxygen atoms in total. The number of benzene rings is 2. The number of sulfonamides is 1. The lowest BCUT2D eigenvalue weighted by atomic mass is 10.2. The standard InChI is InChI=1S/C18H22N4O6S/c1-20(2)18(23)12-21(3)15-10-9-13(22(24)25)11-17(15)29(26,27)19-14-7-5-6-8-16(14)28-4/h5-11,19H,12H2,1-4H3. The Kier molecular flexibility index (Phi) is 6.64. The van der Waals surface area contributed by atoms with Gasteiger partial charge in [0.1, 0.15) is 10.6 Å². The molecular formula is C18H22N4O6S. The summed E-state index contributed by atoms with van der Waals surface area (Å²) in [5, 5.41) is 11.2. The number of nitro groups is 1. The predicted octanol–water partition coefficient (Wildman–Crippen LogP) is 1.93.